The van der Waals surface area contributed by atoms with E-state index in [4.69, 9.17) is 4.74 Å². The molecule has 0 aliphatic carbocycles. The van der Waals surface area contributed by atoms with Crippen LogP contribution in [0.2, 0.25) is 0 Å². The van der Waals surface area contributed by atoms with E-state index in [0.717, 1.165) is 12.8 Å². The molecule has 0 heterocycles. The van der Waals surface area contributed by atoms with Gasteiger partial charge in [0.25, 0.3) is 0 Å². The monoisotopic (exact) mass is 243 g/mol. The molecule has 0 rings (SSSR count). The molecule has 100 valence electrons. The van der Waals surface area contributed by atoms with E-state index in [1.807, 2.05) is 27.7 Å². The Morgan fingerprint density at radius 3 is 2.24 bits per heavy atom. The van der Waals surface area contributed by atoms with Gasteiger partial charge >= 0.3 is 0 Å². The highest BCUT2D eigenvalue weighted by Crippen LogP contribution is 1.96. The van der Waals surface area contributed by atoms with Gasteiger partial charge in [-0.1, -0.05) is 27.7 Å². The van der Waals surface area contributed by atoms with Crippen molar-refractivity contribution in [2.75, 3.05) is 19.8 Å². The lowest BCUT2D eigenvalue weighted by molar-refractivity contribution is -0.126. The first kappa shape index (κ1) is 16.1. The van der Waals surface area contributed by atoms with E-state index in [-0.39, 0.29) is 30.1 Å². The summed E-state index contributed by atoms with van der Waals surface area (Å²) in [6.07, 6.45) is 1.75. The van der Waals surface area contributed by atoms with Crippen molar-refractivity contribution in [3.8, 4) is 0 Å². The van der Waals surface area contributed by atoms with Gasteiger partial charge in [0.15, 0.2) is 5.78 Å². The number of hydrogen-bond acceptors (Lipinski definition) is 3. The Hall–Kier alpha value is -0.900. The van der Waals surface area contributed by atoms with Gasteiger partial charge in [-0.25, -0.2) is 0 Å². The van der Waals surface area contributed by atoms with Gasteiger partial charge in [0.05, 0.1) is 0 Å². The molecule has 0 atom stereocenters. The van der Waals surface area contributed by atoms with Crippen molar-refractivity contribution in [2.45, 2.75) is 40.5 Å². The Bertz CT molecular complexity index is 213. The summed E-state index contributed by atoms with van der Waals surface area (Å²) in [5.74, 6) is 0.300. The molecule has 0 aromatic rings. The zero-order chi connectivity index (χ0) is 13.3. The van der Waals surface area contributed by atoms with Crippen molar-refractivity contribution in [3.63, 3.8) is 0 Å². The predicted molar refractivity (Wildman–Crippen MR) is 67.7 cm³/mol. The van der Waals surface area contributed by atoms with Gasteiger partial charge < -0.3 is 10.1 Å². The van der Waals surface area contributed by atoms with Gasteiger partial charge in [-0.3, -0.25) is 9.59 Å². The van der Waals surface area contributed by atoms with Crippen molar-refractivity contribution in [1.82, 2.24) is 5.32 Å². The predicted octanol–water partition coefficient (Wildman–Crippen LogP) is 1.78. The molecule has 0 radical (unpaired) electrons. The molecular formula is C13H25NO3. The molecule has 4 nitrogen and oxygen atoms in total. The molecule has 0 aromatic carbocycles. The maximum atomic E-state index is 11.2. The van der Waals surface area contributed by atoms with E-state index in [0.29, 0.717) is 13.2 Å². The summed E-state index contributed by atoms with van der Waals surface area (Å²) in [6.45, 7) is 8.94. The molecule has 1 amide bonds. The summed E-state index contributed by atoms with van der Waals surface area (Å²) in [6, 6.07) is 0. The van der Waals surface area contributed by atoms with Crippen LogP contribution >= 0.6 is 0 Å². The van der Waals surface area contributed by atoms with E-state index in [2.05, 4.69) is 5.32 Å². The second-order valence-electron chi connectivity index (χ2n) is 4.83. The van der Waals surface area contributed by atoms with Crippen LogP contribution in [0.15, 0.2) is 0 Å². The fourth-order valence-electron chi connectivity index (χ4n) is 1.08. The lowest BCUT2D eigenvalue weighted by atomic mass is 10.1. The molecule has 0 saturated carbocycles. The summed E-state index contributed by atoms with van der Waals surface area (Å²) >= 11 is 0. The number of nitrogens with one attached hydrogen (secondary N) is 1. The summed E-state index contributed by atoms with van der Waals surface area (Å²) in [4.78, 5) is 22.4. The molecule has 0 unspecified atom stereocenters. The first-order chi connectivity index (χ1) is 7.95. The molecule has 0 bridgehead atoms. The molecule has 0 spiro atoms. The standard InChI is InChI=1S/C13H25NO3/c1-10(2)12(15)9-17-8-6-5-7-14-13(16)11(3)4/h10-11H,5-9H2,1-4H3,(H,14,16). The lowest BCUT2D eigenvalue weighted by Gasteiger charge is -2.08. The van der Waals surface area contributed by atoms with E-state index in [9.17, 15) is 9.59 Å². The molecule has 0 fully saturated rings. The van der Waals surface area contributed by atoms with Crippen LogP contribution in [-0.2, 0) is 14.3 Å². The van der Waals surface area contributed by atoms with E-state index in [1.165, 1.54) is 0 Å². The van der Waals surface area contributed by atoms with Gasteiger partial charge in [-0.15, -0.1) is 0 Å². The van der Waals surface area contributed by atoms with Crippen molar-refractivity contribution in [1.29, 1.82) is 0 Å². The average molecular weight is 243 g/mol. The van der Waals surface area contributed by atoms with Gasteiger partial charge in [-0.05, 0) is 12.8 Å². The lowest BCUT2D eigenvalue weighted by Crippen LogP contribution is -2.28. The third kappa shape index (κ3) is 8.86. The first-order valence-corrected chi connectivity index (χ1v) is 6.33. The third-order valence-electron chi connectivity index (χ3n) is 2.43. The fourth-order valence-corrected chi connectivity index (χ4v) is 1.08. The fraction of sp³-hybridized carbons (Fsp3) is 0.846. The number of amides is 1. The second kappa shape index (κ2) is 9.16. The third-order valence-corrected chi connectivity index (χ3v) is 2.43. The van der Waals surface area contributed by atoms with Gasteiger partial charge in [0.1, 0.15) is 6.61 Å². The van der Waals surface area contributed by atoms with E-state index in [1.54, 1.807) is 0 Å². The Morgan fingerprint density at radius 2 is 1.71 bits per heavy atom. The highest BCUT2D eigenvalue weighted by Gasteiger charge is 2.07. The second-order valence-corrected chi connectivity index (χ2v) is 4.83. The molecule has 17 heavy (non-hydrogen) atoms. The maximum Gasteiger partial charge on any atom is 0.222 e. The molecule has 0 aliphatic rings. The van der Waals surface area contributed by atoms with Crippen LogP contribution in [0.25, 0.3) is 0 Å². The van der Waals surface area contributed by atoms with Crippen LogP contribution in [-0.4, -0.2) is 31.4 Å². The Kier molecular flexibility index (Phi) is 8.68. The van der Waals surface area contributed by atoms with Crippen molar-refractivity contribution < 1.29 is 14.3 Å². The molecule has 0 aliphatic heterocycles. The van der Waals surface area contributed by atoms with Crippen LogP contribution < -0.4 is 5.32 Å². The smallest absolute Gasteiger partial charge is 0.222 e. The van der Waals surface area contributed by atoms with Crippen molar-refractivity contribution >= 4 is 11.7 Å². The molecular weight excluding hydrogens is 218 g/mol. The Morgan fingerprint density at radius 1 is 1.06 bits per heavy atom. The molecule has 4 heteroatoms. The zero-order valence-electron chi connectivity index (χ0n) is 11.4. The van der Waals surface area contributed by atoms with Crippen LogP contribution in [0.3, 0.4) is 0 Å². The highest BCUT2D eigenvalue weighted by molar-refractivity contribution is 5.81. The van der Waals surface area contributed by atoms with Crippen LogP contribution in [0, 0.1) is 11.8 Å². The minimum Gasteiger partial charge on any atom is -0.374 e. The number of ketones is 1. The van der Waals surface area contributed by atoms with Crippen molar-refractivity contribution in [3.05, 3.63) is 0 Å². The quantitative estimate of drug-likeness (QED) is 0.628. The summed E-state index contributed by atoms with van der Waals surface area (Å²) < 4.78 is 5.25. The summed E-state index contributed by atoms with van der Waals surface area (Å²) in [5, 5.41) is 2.84. The van der Waals surface area contributed by atoms with Crippen LogP contribution in [0.4, 0.5) is 0 Å². The van der Waals surface area contributed by atoms with E-state index >= 15 is 0 Å². The number of Topliss-reactive ketones (excluding diaryl/α,β-unsaturated/α-hetero) is 1. The van der Waals surface area contributed by atoms with Gasteiger partial charge in [0.2, 0.25) is 5.91 Å². The number of carbonyl (C=O) groups is 2. The zero-order valence-corrected chi connectivity index (χ0v) is 11.4. The highest BCUT2D eigenvalue weighted by atomic mass is 16.5. The maximum absolute atomic E-state index is 11.2. The largest absolute Gasteiger partial charge is 0.374 e. The van der Waals surface area contributed by atoms with Crippen molar-refractivity contribution in [2.24, 2.45) is 11.8 Å². The molecule has 1 N–H and O–H groups in total. The Balaban J connectivity index is 3.30. The number of hydrogen-bond donors (Lipinski definition) is 1. The number of ether oxygens (including phenoxy) is 1. The summed E-state index contributed by atoms with van der Waals surface area (Å²) in [7, 11) is 0. The molecule has 0 aromatic heterocycles. The van der Waals surface area contributed by atoms with Crippen LogP contribution in [0.1, 0.15) is 40.5 Å². The van der Waals surface area contributed by atoms with Gasteiger partial charge in [-0.2, -0.15) is 0 Å². The topological polar surface area (TPSA) is 55.4 Å². The van der Waals surface area contributed by atoms with Crippen LogP contribution in [0.5, 0.6) is 0 Å². The Labute approximate surface area is 104 Å². The average Bonchev–Trinajstić information content (AvgIpc) is 2.26. The first-order valence-electron chi connectivity index (χ1n) is 6.33. The molecule has 0 saturated heterocycles. The normalized spacial score (nSPS) is 10.9. The summed E-state index contributed by atoms with van der Waals surface area (Å²) in [5.41, 5.74) is 0. The number of unbranched alkanes of at least 4 members (excludes halogenated alkanes) is 1. The minimum absolute atomic E-state index is 0.0370. The SMILES string of the molecule is CC(C)C(=O)COCCCCNC(=O)C(C)C. The van der Waals surface area contributed by atoms with Gasteiger partial charge in [0, 0.05) is 25.0 Å². The number of carbonyl (C=O) groups excluding carboxylic acids is 2. The number of rotatable bonds is 9. The minimum atomic E-state index is 0.0370. The van der Waals surface area contributed by atoms with E-state index < -0.39 is 0 Å².